The van der Waals surface area contributed by atoms with Gasteiger partial charge in [0.1, 0.15) is 11.6 Å². The van der Waals surface area contributed by atoms with E-state index in [0.717, 1.165) is 17.0 Å². The van der Waals surface area contributed by atoms with Crippen molar-refractivity contribution in [2.45, 2.75) is 13.3 Å². The highest BCUT2D eigenvalue weighted by atomic mass is 16.5. The van der Waals surface area contributed by atoms with Crippen molar-refractivity contribution < 1.29 is 14.6 Å². The van der Waals surface area contributed by atoms with Crippen molar-refractivity contribution in [1.82, 2.24) is 9.55 Å². The van der Waals surface area contributed by atoms with Crippen LogP contribution in [0.5, 0.6) is 5.75 Å². The topological polar surface area (TPSA) is 64.3 Å². The number of carboxylic acids is 1. The summed E-state index contributed by atoms with van der Waals surface area (Å²) in [6, 6.07) is 7.55. The summed E-state index contributed by atoms with van der Waals surface area (Å²) in [6.07, 6.45) is -0.0746. The van der Waals surface area contributed by atoms with E-state index in [0.29, 0.717) is 11.5 Å². The second-order valence-corrected chi connectivity index (χ2v) is 4.30. The molecule has 0 saturated carbocycles. The van der Waals surface area contributed by atoms with E-state index < -0.39 is 5.97 Å². The van der Waals surface area contributed by atoms with Crippen LogP contribution in [0, 0.1) is 6.92 Å². The van der Waals surface area contributed by atoms with Crippen LogP contribution in [0.1, 0.15) is 11.4 Å². The van der Waals surface area contributed by atoms with Gasteiger partial charge in [0.05, 0.1) is 24.8 Å². The molecule has 0 aliphatic carbocycles. The van der Waals surface area contributed by atoms with Gasteiger partial charge in [0.25, 0.3) is 0 Å². The van der Waals surface area contributed by atoms with E-state index >= 15 is 0 Å². The molecule has 0 unspecified atom stereocenters. The van der Waals surface area contributed by atoms with Gasteiger partial charge in [0.15, 0.2) is 0 Å². The quantitative estimate of drug-likeness (QED) is 0.913. The molecule has 5 nitrogen and oxygen atoms in total. The first-order valence-corrected chi connectivity index (χ1v) is 5.92. The van der Waals surface area contributed by atoms with Gasteiger partial charge in [0.2, 0.25) is 0 Å². The Kier molecular flexibility index (Phi) is 3.55. The molecule has 0 aliphatic rings. The number of hydrogen-bond donors (Lipinski definition) is 1. The molecule has 0 amide bonds. The maximum absolute atomic E-state index is 10.8. The molecule has 0 spiro atoms. The van der Waals surface area contributed by atoms with E-state index in [2.05, 4.69) is 4.98 Å². The number of imidazole rings is 1. The average Bonchev–Trinajstić information content (AvgIpc) is 2.66. The van der Waals surface area contributed by atoms with E-state index in [4.69, 9.17) is 9.84 Å². The van der Waals surface area contributed by atoms with E-state index in [1.165, 1.54) is 0 Å². The van der Waals surface area contributed by atoms with Crippen LogP contribution >= 0.6 is 0 Å². The zero-order valence-corrected chi connectivity index (χ0v) is 11.2. The zero-order chi connectivity index (χ0) is 14.0. The average molecular weight is 260 g/mol. The third kappa shape index (κ3) is 2.45. The second-order valence-electron chi connectivity index (χ2n) is 4.30. The number of carbonyl (C=O) groups is 1. The maximum Gasteiger partial charge on any atom is 0.309 e. The molecule has 1 heterocycles. The van der Waals surface area contributed by atoms with Crippen LogP contribution in [0.15, 0.2) is 24.3 Å². The molecule has 0 bridgehead atoms. The molecule has 2 aromatic rings. The van der Waals surface area contributed by atoms with Crippen LogP contribution in [0.3, 0.4) is 0 Å². The molecule has 2 rings (SSSR count). The van der Waals surface area contributed by atoms with Crippen LogP contribution < -0.4 is 4.74 Å². The predicted molar refractivity (Wildman–Crippen MR) is 71.3 cm³/mol. The lowest BCUT2D eigenvalue weighted by atomic mass is 10.2. The van der Waals surface area contributed by atoms with Crippen molar-refractivity contribution in [3.8, 4) is 17.1 Å². The first-order valence-electron chi connectivity index (χ1n) is 5.92. The van der Waals surface area contributed by atoms with Gasteiger partial charge in [-0.3, -0.25) is 4.79 Å². The molecule has 0 atom stereocenters. The molecule has 0 saturated heterocycles. The number of nitrogens with zero attached hydrogens (tertiary/aromatic N) is 2. The second kappa shape index (κ2) is 5.14. The summed E-state index contributed by atoms with van der Waals surface area (Å²) in [5, 5.41) is 8.89. The minimum Gasteiger partial charge on any atom is -0.496 e. The number of methoxy groups -OCH3 is 1. The molecule has 0 radical (unpaired) electrons. The van der Waals surface area contributed by atoms with Crippen molar-refractivity contribution in [2.75, 3.05) is 7.11 Å². The molecule has 0 aliphatic heterocycles. The number of benzene rings is 1. The summed E-state index contributed by atoms with van der Waals surface area (Å²) in [7, 11) is 3.47. The van der Waals surface area contributed by atoms with Crippen LogP contribution in [-0.4, -0.2) is 27.7 Å². The van der Waals surface area contributed by atoms with Gasteiger partial charge in [-0.05, 0) is 19.1 Å². The molecule has 1 N–H and O–H groups in total. The monoisotopic (exact) mass is 260 g/mol. The number of ether oxygens (including phenoxy) is 1. The maximum atomic E-state index is 10.8. The van der Waals surface area contributed by atoms with Crippen molar-refractivity contribution in [3.05, 3.63) is 35.7 Å². The Morgan fingerprint density at radius 3 is 2.74 bits per heavy atom. The van der Waals surface area contributed by atoms with Crippen molar-refractivity contribution in [1.29, 1.82) is 0 Å². The van der Waals surface area contributed by atoms with Crippen LogP contribution in [-0.2, 0) is 18.3 Å². The third-order valence-electron chi connectivity index (χ3n) is 3.15. The molecular weight excluding hydrogens is 244 g/mol. The Morgan fingerprint density at radius 1 is 1.42 bits per heavy atom. The van der Waals surface area contributed by atoms with Gasteiger partial charge in [-0.15, -0.1) is 0 Å². The van der Waals surface area contributed by atoms with E-state index in [-0.39, 0.29) is 6.42 Å². The van der Waals surface area contributed by atoms with Gasteiger partial charge in [-0.25, -0.2) is 4.98 Å². The molecule has 19 heavy (non-hydrogen) atoms. The van der Waals surface area contributed by atoms with Crippen LogP contribution in [0.25, 0.3) is 11.4 Å². The van der Waals surface area contributed by atoms with Gasteiger partial charge >= 0.3 is 5.97 Å². The Morgan fingerprint density at radius 2 is 2.11 bits per heavy atom. The minimum atomic E-state index is -0.882. The lowest BCUT2D eigenvalue weighted by Gasteiger charge is -2.08. The minimum absolute atomic E-state index is 0.0746. The lowest BCUT2D eigenvalue weighted by Crippen LogP contribution is -2.02. The number of aliphatic carboxylic acids is 1. The van der Waals surface area contributed by atoms with E-state index in [1.54, 1.807) is 7.11 Å². The smallest absolute Gasteiger partial charge is 0.309 e. The molecule has 0 fully saturated rings. The fraction of sp³-hybridized carbons (Fsp3) is 0.286. The molecular formula is C14H16N2O3. The Balaban J connectivity index is 2.54. The molecule has 100 valence electrons. The number of rotatable bonds is 4. The fourth-order valence-corrected chi connectivity index (χ4v) is 2.02. The van der Waals surface area contributed by atoms with Gasteiger partial charge in [0, 0.05) is 12.7 Å². The lowest BCUT2D eigenvalue weighted by molar-refractivity contribution is -0.136. The molecule has 1 aromatic carbocycles. The number of carboxylic acid groups (broad SMARTS) is 1. The summed E-state index contributed by atoms with van der Waals surface area (Å²) < 4.78 is 7.20. The number of para-hydroxylation sites is 1. The van der Waals surface area contributed by atoms with Crippen molar-refractivity contribution in [2.24, 2.45) is 7.05 Å². The Labute approximate surface area is 111 Å². The van der Waals surface area contributed by atoms with Gasteiger partial charge in [-0.1, -0.05) is 12.1 Å². The predicted octanol–water partition coefficient (Wildman–Crippen LogP) is 2.03. The molecule has 5 heteroatoms. The van der Waals surface area contributed by atoms with Crippen molar-refractivity contribution >= 4 is 5.97 Å². The summed E-state index contributed by atoms with van der Waals surface area (Å²) in [5.41, 5.74) is 2.28. The first kappa shape index (κ1) is 13.1. The fourth-order valence-electron chi connectivity index (χ4n) is 2.02. The summed E-state index contributed by atoms with van der Waals surface area (Å²) in [6.45, 7) is 1.87. The summed E-state index contributed by atoms with van der Waals surface area (Å²) in [5.74, 6) is 0.552. The SMILES string of the molecule is COc1ccccc1-c1nc(CC(=O)O)c(C)n1C. The zero-order valence-electron chi connectivity index (χ0n) is 11.2. The van der Waals surface area contributed by atoms with E-state index in [9.17, 15) is 4.79 Å². The Bertz CT molecular complexity index is 617. The Hall–Kier alpha value is -2.30. The summed E-state index contributed by atoms with van der Waals surface area (Å²) in [4.78, 5) is 15.3. The highest BCUT2D eigenvalue weighted by Gasteiger charge is 2.17. The number of aromatic nitrogens is 2. The third-order valence-corrected chi connectivity index (χ3v) is 3.15. The van der Waals surface area contributed by atoms with Gasteiger partial charge < -0.3 is 14.4 Å². The van der Waals surface area contributed by atoms with E-state index in [1.807, 2.05) is 42.8 Å². The van der Waals surface area contributed by atoms with Crippen LogP contribution in [0.2, 0.25) is 0 Å². The van der Waals surface area contributed by atoms with Crippen molar-refractivity contribution in [3.63, 3.8) is 0 Å². The molecule has 1 aromatic heterocycles. The normalized spacial score (nSPS) is 10.5. The van der Waals surface area contributed by atoms with Crippen LogP contribution in [0.4, 0.5) is 0 Å². The highest BCUT2D eigenvalue weighted by Crippen LogP contribution is 2.29. The summed E-state index contributed by atoms with van der Waals surface area (Å²) >= 11 is 0. The first-order chi connectivity index (χ1) is 9.04. The van der Waals surface area contributed by atoms with Gasteiger partial charge in [-0.2, -0.15) is 0 Å². The largest absolute Gasteiger partial charge is 0.496 e. The highest BCUT2D eigenvalue weighted by molar-refractivity contribution is 5.71. The number of hydrogen-bond acceptors (Lipinski definition) is 3. The standard InChI is InChI=1S/C14H16N2O3/c1-9-11(8-13(17)18)15-14(16(9)2)10-6-4-5-7-12(10)19-3/h4-7H,8H2,1-3H3,(H,17,18).